The fraction of sp³-hybridized carbons (Fsp3) is 1.00. The van der Waals surface area contributed by atoms with Gasteiger partial charge in [-0.05, 0) is 11.0 Å². The van der Waals surface area contributed by atoms with Crippen molar-refractivity contribution < 1.29 is 14.2 Å². The van der Waals surface area contributed by atoms with E-state index in [1.165, 1.54) is 6.92 Å². The second kappa shape index (κ2) is 4.86. The summed E-state index contributed by atoms with van der Waals surface area (Å²) in [4.78, 5) is 0. The highest BCUT2D eigenvalue weighted by molar-refractivity contribution is 7.39. The number of rotatable bonds is 4. The van der Waals surface area contributed by atoms with Gasteiger partial charge in [-0.3, -0.25) is 0 Å². The van der Waals surface area contributed by atoms with E-state index in [2.05, 4.69) is 0 Å². The number of aliphatic hydroxyl groups excluding tert-OH is 1. The molecule has 9 heavy (non-hydrogen) atoms. The van der Waals surface area contributed by atoms with Crippen LogP contribution in [0, 0.1) is 0 Å². The van der Waals surface area contributed by atoms with Gasteiger partial charge in [-0.2, -0.15) is 0 Å². The molecule has 0 aliphatic rings. The summed E-state index contributed by atoms with van der Waals surface area (Å²) in [7, 11) is -1.84. The topological polar surface area (TPSA) is 46.5 Å². The molecule has 54 valence electrons. The largest absolute Gasteiger partial charge is 0.539 e. The molecule has 0 aliphatic carbocycles. The monoisotopic (exact) mass is 151 g/mol. The molecule has 3 nitrogen and oxygen atoms in total. The zero-order valence-corrected chi connectivity index (χ0v) is 6.60. The molecule has 0 heterocycles. The van der Waals surface area contributed by atoms with Crippen molar-refractivity contribution in [2.24, 2.45) is 0 Å². The Kier molecular flexibility index (Phi) is 4.87. The van der Waals surface area contributed by atoms with Gasteiger partial charge in [-0.1, -0.05) is 6.92 Å². The van der Waals surface area contributed by atoms with Crippen molar-refractivity contribution in [1.29, 1.82) is 0 Å². The third kappa shape index (κ3) is 4.52. The van der Waals surface area contributed by atoms with Crippen LogP contribution in [0.4, 0.5) is 0 Å². The zero-order chi connectivity index (χ0) is 7.28. The normalized spacial score (nSPS) is 15.2. The van der Waals surface area contributed by atoms with E-state index in [0.29, 0.717) is 6.61 Å². The van der Waals surface area contributed by atoms with E-state index in [1.54, 1.807) is 0 Å². The van der Waals surface area contributed by atoms with Crippen LogP contribution in [0.5, 0.6) is 0 Å². The van der Waals surface area contributed by atoms with Crippen LogP contribution >= 0.6 is 8.03 Å². The van der Waals surface area contributed by atoms with E-state index in [-0.39, 0.29) is 0 Å². The first kappa shape index (κ1) is 9.02. The molecule has 0 aromatic rings. The minimum Gasteiger partial charge on any atom is -0.349 e. The first-order chi connectivity index (χ1) is 4.18. The van der Waals surface area contributed by atoms with Crippen LogP contribution in [-0.4, -0.2) is 17.6 Å². The zero-order valence-electron chi connectivity index (χ0n) is 5.70. The first-order valence-corrected chi connectivity index (χ1v) is 4.20. The number of aliphatic hydroxyl groups is 1. The van der Waals surface area contributed by atoms with E-state index >= 15 is 0 Å². The summed E-state index contributed by atoms with van der Waals surface area (Å²) in [5, 5.41) is 8.64. The molecule has 0 amide bonds. The molecule has 0 rings (SSSR count). The lowest BCUT2D eigenvalue weighted by molar-refractivity contribution is 0.232. The molecule has 2 unspecified atom stereocenters. The number of hydrogen-bond acceptors (Lipinski definition) is 3. The SMILES string of the molecule is CCCO[P+](=O)C(C)O. The van der Waals surface area contributed by atoms with Crippen molar-refractivity contribution in [2.75, 3.05) is 6.61 Å². The molecule has 0 saturated heterocycles. The summed E-state index contributed by atoms with van der Waals surface area (Å²) < 4.78 is 15.3. The molecule has 0 radical (unpaired) electrons. The van der Waals surface area contributed by atoms with E-state index < -0.39 is 13.9 Å². The average molecular weight is 151 g/mol. The van der Waals surface area contributed by atoms with Crippen LogP contribution < -0.4 is 0 Å². The predicted molar refractivity (Wildman–Crippen MR) is 35.5 cm³/mol. The minimum absolute atomic E-state index is 0.458. The Hall–Kier alpha value is 0.0200. The first-order valence-electron chi connectivity index (χ1n) is 2.95. The van der Waals surface area contributed by atoms with Gasteiger partial charge in [-0.25, -0.2) is 0 Å². The Labute approximate surface area is 55.9 Å². The minimum atomic E-state index is -1.84. The molecular formula is C5H12O3P+. The Balaban J connectivity index is 3.28. The molecule has 0 aromatic heterocycles. The number of hydrogen-bond donors (Lipinski definition) is 1. The highest BCUT2D eigenvalue weighted by Crippen LogP contribution is 2.26. The molecular weight excluding hydrogens is 139 g/mol. The summed E-state index contributed by atoms with van der Waals surface area (Å²) in [5.74, 6) is -0.841. The van der Waals surface area contributed by atoms with Crippen LogP contribution in [0.2, 0.25) is 0 Å². The molecule has 2 atom stereocenters. The lowest BCUT2D eigenvalue weighted by atomic mass is 10.5. The van der Waals surface area contributed by atoms with Crippen LogP contribution in [0.1, 0.15) is 20.3 Å². The van der Waals surface area contributed by atoms with Crippen LogP contribution in [0.15, 0.2) is 0 Å². The van der Waals surface area contributed by atoms with Gasteiger partial charge in [-0.15, -0.1) is 4.52 Å². The van der Waals surface area contributed by atoms with Gasteiger partial charge in [0.1, 0.15) is 6.61 Å². The Morgan fingerprint density at radius 1 is 1.78 bits per heavy atom. The molecule has 0 fully saturated rings. The van der Waals surface area contributed by atoms with Gasteiger partial charge < -0.3 is 5.11 Å². The van der Waals surface area contributed by atoms with Crippen LogP contribution in [0.3, 0.4) is 0 Å². The van der Waals surface area contributed by atoms with Gasteiger partial charge in [0.05, 0.1) is 0 Å². The highest BCUT2D eigenvalue weighted by atomic mass is 31.1. The summed E-state index contributed by atoms with van der Waals surface area (Å²) in [6.07, 6.45) is 0.827. The lowest BCUT2D eigenvalue weighted by Crippen LogP contribution is -1.94. The molecule has 0 spiro atoms. The fourth-order valence-corrected chi connectivity index (χ4v) is 0.867. The second-order valence-corrected chi connectivity index (χ2v) is 3.33. The van der Waals surface area contributed by atoms with E-state index in [0.717, 1.165) is 6.42 Å². The molecule has 0 aliphatic heterocycles. The van der Waals surface area contributed by atoms with E-state index in [1.807, 2.05) is 6.92 Å². The van der Waals surface area contributed by atoms with E-state index in [4.69, 9.17) is 9.63 Å². The highest BCUT2D eigenvalue weighted by Gasteiger charge is 2.24. The summed E-state index contributed by atoms with van der Waals surface area (Å²) >= 11 is 0. The molecule has 4 heteroatoms. The smallest absolute Gasteiger partial charge is 0.349 e. The maximum Gasteiger partial charge on any atom is 0.539 e. The van der Waals surface area contributed by atoms with Gasteiger partial charge >= 0.3 is 8.03 Å². The lowest BCUT2D eigenvalue weighted by Gasteiger charge is -1.87. The third-order valence-electron chi connectivity index (χ3n) is 0.728. The van der Waals surface area contributed by atoms with Crippen LogP contribution in [-0.2, 0) is 9.09 Å². The predicted octanol–water partition coefficient (Wildman–Crippen LogP) is 1.49. The molecule has 0 bridgehead atoms. The van der Waals surface area contributed by atoms with Crippen molar-refractivity contribution in [2.45, 2.75) is 26.1 Å². The van der Waals surface area contributed by atoms with Gasteiger partial charge in [0, 0.05) is 6.92 Å². The Morgan fingerprint density at radius 2 is 2.33 bits per heavy atom. The molecule has 0 saturated carbocycles. The third-order valence-corrected chi connectivity index (χ3v) is 1.78. The van der Waals surface area contributed by atoms with Gasteiger partial charge in [0.2, 0.25) is 0 Å². The van der Waals surface area contributed by atoms with Crippen molar-refractivity contribution in [1.82, 2.24) is 0 Å². The summed E-state index contributed by atoms with van der Waals surface area (Å²) in [6, 6.07) is 0. The van der Waals surface area contributed by atoms with Crippen molar-refractivity contribution in [3.05, 3.63) is 0 Å². The van der Waals surface area contributed by atoms with Gasteiger partial charge in [0.15, 0.2) is 0 Å². The summed E-state index contributed by atoms with van der Waals surface area (Å²) in [6.45, 7) is 3.83. The van der Waals surface area contributed by atoms with Crippen molar-refractivity contribution in [3.8, 4) is 0 Å². The standard InChI is InChI=1S/C5H12O3P/c1-3-4-8-9(7)5(2)6/h5-6H,3-4H2,1-2H3/q+1. The Morgan fingerprint density at radius 3 is 2.67 bits per heavy atom. The van der Waals surface area contributed by atoms with Gasteiger partial charge in [0.25, 0.3) is 5.85 Å². The molecule has 1 N–H and O–H groups in total. The maximum absolute atomic E-state index is 10.6. The quantitative estimate of drug-likeness (QED) is 0.619. The van der Waals surface area contributed by atoms with E-state index in [9.17, 15) is 4.57 Å². The van der Waals surface area contributed by atoms with Crippen molar-refractivity contribution in [3.63, 3.8) is 0 Å². The maximum atomic E-state index is 10.6. The molecule has 0 aromatic carbocycles. The van der Waals surface area contributed by atoms with Crippen molar-refractivity contribution >= 4 is 8.03 Å². The fourth-order valence-electron chi connectivity index (χ4n) is 0.289. The average Bonchev–Trinajstić information content (AvgIpc) is 1.82. The Bertz CT molecular complexity index is 92.2. The second-order valence-electron chi connectivity index (χ2n) is 1.75. The summed E-state index contributed by atoms with van der Waals surface area (Å²) in [5.41, 5.74) is 0. The van der Waals surface area contributed by atoms with Crippen LogP contribution in [0.25, 0.3) is 0 Å².